The SMILES string of the molecule is Cc1ccc(-n2c(SCC(=O)N/N=C\c3ccc(C(=O)O)cc3)nc3sc4c(c3c2=O)CCCC4)cc1. The van der Waals surface area contributed by atoms with E-state index in [4.69, 9.17) is 10.1 Å². The third-order valence-electron chi connectivity index (χ3n) is 6.14. The van der Waals surface area contributed by atoms with Gasteiger partial charge in [0.25, 0.3) is 11.5 Å². The summed E-state index contributed by atoms with van der Waals surface area (Å²) in [5, 5.41) is 14.1. The van der Waals surface area contributed by atoms with Crippen LogP contribution >= 0.6 is 23.1 Å². The zero-order chi connectivity index (χ0) is 25.9. The number of carbonyl (C=O) groups is 2. The van der Waals surface area contributed by atoms with E-state index in [-0.39, 0.29) is 22.8 Å². The van der Waals surface area contributed by atoms with Crippen LogP contribution in [0.3, 0.4) is 0 Å². The van der Waals surface area contributed by atoms with Crippen LogP contribution in [0, 0.1) is 6.92 Å². The van der Waals surface area contributed by atoms with E-state index < -0.39 is 5.97 Å². The van der Waals surface area contributed by atoms with Crippen LogP contribution in [-0.2, 0) is 17.6 Å². The maximum absolute atomic E-state index is 13.8. The third-order valence-corrected chi connectivity index (χ3v) is 8.27. The molecule has 0 aliphatic heterocycles. The van der Waals surface area contributed by atoms with E-state index >= 15 is 0 Å². The number of aryl methyl sites for hydroxylation is 3. The van der Waals surface area contributed by atoms with Gasteiger partial charge in [-0.15, -0.1) is 11.3 Å². The molecule has 0 saturated carbocycles. The second-order valence-corrected chi connectivity index (χ2v) is 10.8. The van der Waals surface area contributed by atoms with Crippen molar-refractivity contribution in [1.29, 1.82) is 0 Å². The fourth-order valence-electron chi connectivity index (χ4n) is 4.26. The van der Waals surface area contributed by atoms with E-state index in [1.807, 2.05) is 31.2 Å². The van der Waals surface area contributed by atoms with Crippen LogP contribution in [0.25, 0.3) is 15.9 Å². The highest BCUT2D eigenvalue weighted by Gasteiger charge is 2.23. The van der Waals surface area contributed by atoms with Crippen LogP contribution in [-0.4, -0.2) is 38.5 Å². The molecule has 8 nitrogen and oxygen atoms in total. The Labute approximate surface area is 221 Å². The van der Waals surface area contributed by atoms with Gasteiger partial charge in [-0.2, -0.15) is 5.10 Å². The summed E-state index contributed by atoms with van der Waals surface area (Å²) in [6.07, 6.45) is 5.51. The predicted molar refractivity (Wildman–Crippen MR) is 146 cm³/mol. The molecule has 1 amide bonds. The number of hydrogen-bond donors (Lipinski definition) is 2. The molecule has 0 bridgehead atoms. The standard InChI is InChI=1S/C27H24N4O4S2/c1-16-6-12-19(13-7-16)31-25(33)23-20-4-2-3-5-21(20)37-24(23)29-27(31)36-15-22(32)30-28-14-17-8-10-18(11-9-17)26(34)35/h6-14H,2-5,15H2,1H3,(H,30,32)(H,34,35)/b28-14-. The molecule has 4 aromatic rings. The monoisotopic (exact) mass is 532 g/mol. The first-order chi connectivity index (χ1) is 17.9. The van der Waals surface area contributed by atoms with E-state index in [2.05, 4.69) is 10.5 Å². The number of aromatic nitrogens is 2. The average molecular weight is 533 g/mol. The summed E-state index contributed by atoms with van der Waals surface area (Å²) in [5.74, 6) is -1.34. The highest BCUT2D eigenvalue weighted by atomic mass is 32.2. The van der Waals surface area contributed by atoms with Crippen LogP contribution in [0.1, 0.15) is 44.8 Å². The van der Waals surface area contributed by atoms with Crippen LogP contribution in [0.4, 0.5) is 0 Å². The van der Waals surface area contributed by atoms with E-state index in [1.54, 1.807) is 28.0 Å². The molecular weight excluding hydrogens is 508 g/mol. The molecule has 2 heterocycles. The minimum absolute atomic E-state index is 0.0180. The molecule has 0 saturated heterocycles. The Morgan fingerprint density at radius 3 is 2.59 bits per heavy atom. The molecule has 1 aliphatic rings. The van der Waals surface area contributed by atoms with Crippen LogP contribution < -0.4 is 11.0 Å². The number of fused-ring (bicyclic) bond motifs is 3. The van der Waals surface area contributed by atoms with E-state index in [9.17, 15) is 14.4 Å². The lowest BCUT2D eigenvalue weighted by Crippen LogP contribution is -2.24. The number of rotatable bonds is 7. The van der Waals surface area contributed by atoms with Gasteiger partial charge in [0.15, 0.2) is 5.16 Å². The second kappa shape index (κ2) is 10.7. The topological polar surface area (TPSA) is 114 Å². The zero-order valence-electron chi connectivity index (χ0n) is 20.1. The summed E-state index contributed by atoms with van der Waals surface area (Å²) >= 11 is 2.77. The van der Waals surface area contributed by atoms with Crippen LogP contribution in [0.2, 0.25) is 0 Å². The van der Waals surface area contributed by atoms with E-state index in [0.717, 1.165) is 41.6 Å². The summed E-state index contributed by atoms with van der Waals surface area (Å²) in [7, 11) is 0. The van der Waals surface area contributed by atoms with Gasteiger partial charge in [0.1, 0.15) is 4.83 Å². The quantitative estimate of drug-likeness (QED) is 0.156. The second-order valence-electron chi connectivity index (χ2n) is 8.77. The van der Waals surface area contributed by atoms with Crippen molar-refractivity contribution in [3.05, 3.63) is 86.0 Å². The maximum atomic E-state index is 13.8. The number of nitrogens with one attached hydrogen (secondary N) is 1. The number of hydrazone groups is 1. The molecule has 0 spiro atoms. The van der Waals surface area contributed by atoms with Crippen molar-refractivity contribution in [2.45, 2.75) is 37.8 Å². The van der Waals surface area contributed by atoms with Crippen LogP contribution in [0.5, 0.6) is 0 Å². The number of nitrogens with zero attached hydrogens (tertiary/aromatic N) is 3. The summed E-state index contributed by atoms with van der Waals surface area (Å²) < 4.78 is 1.61. The average Bonchev–Trinajstić information content (AvgIpc) is 3.27. The van der Waals surface area contributed by atoms with Crippen molar-refractivity contribution in [2.24, 2.45) is 5.10 Å². The molecule has 2 aromatic heterocycles. The van der Waals surface area contributed by atoms with Crippen molar-refractivity contribution in [3.63, 3.8) is 0 Å². The number of thiophene rings is 1. The summed E-state index contributed by atoms with van der Waals surface area (Å²) in [4.78, 5) is 44.0. The van der Waals surface area contributed by atoms with Gasteiger partial charge >= 0.3 is 5.97 Å². The van der Waals surface area contributed by atoms with Crippen molar-refractivity contribution in [1.82, 2.24) is 15.0 Å². The van der Waals surface area contributed by atoms with Crippen molar-refractivity contribution in [3.8, 4) is 5.69 Å². The number of amides is 1. The Bertz CT molecular complexity index is 1570. The molecule has 0 atom stereocenters. The van der Waals surface area contributed by atoms with Gasteiger partial charge < -0.3 is 5.11 Å². The highest BCUT2D eigenvalue weighted by Crippen LogP contribution is 2.35. The van der Waals surface area contributed by atoms with Gasteiger partial charge in [-0.25, -0.2) is 15.2 Å². The fourth-order valence-corrected chi connectivity index (χ4v) is 6.37. The van der Waals surface area contributed by atoms with Crippen molar-refractivity contribution in [2.75, 3.05) is 5.75 Å². The molecule has 2 N–H and O–H groups in total. The molecule has 37 heavy (non-hydrogen) atoms. The van der Waals surface area contributed by atoms with E-state index in [0.29, 0.717) is 21.8 Å². The molecule has 1 aliphatic carbocycles. The molecule has 0 fully saturated rings. The number of carboxylic acids is 1. The van der Waals surface area contributed by atoms with Crippen molar-refractivity contribution < 1.29 is 14.7 Å². The first-order valence-corrected chi connectivity index (χ1v) is 13.6. The first-order valence-electron chi connectivity index (χ1n) is 11.8. The molecule has 188 valence electrons. The number of carbonyl (C=O) groups excluding carboxylic acids is 1. The minimum Gasteiger partial charge on any atom is -0.478 e. The van der Waals surface area contributed by atoms with Gasteiger partial charge in [-0.3, -0.25) is 14.2 Å². The fraction of sp³-hybridized carbons (Fsp3) is 0.222. The third kappa shape index (κ3) is 5.35. The number of carboxylic acid groups (broad SMARTS) is 1. The van der Waals surface area contributed by atoms with E-state index in [1.165, 1.54) is 35.0 Å². The maximum Gasteiger partial charge on any atom is 0.335 e. The van der Waals surface area contributed by atoms with Gasteiger partial charge in [0, 0.05) is 4.88 Å². The van der Waals surface area contributed by atoms with Gasteiger partial charge in [0.2, 0.25) is 0 Å². The summed E-state index contributed by atoms with van der Waals surface area (Å²) in [6, 6.07) is 13.8. The molecule has 5 rings (SSSR count). The zero-order valence-corrected chi connectivity index (χ0v) is 21.7. The van der Waals surface area contributed by atoms with Gasteiger partial charge in [0.05, 0.1) is 28.6 Å². The molecule has 2 aromatic carbocycles. The Hall–Kier alpha value is -3.76. The largest absolute Gasteiger partial charge is 0.478 e. The molecule has 0 unspecified atom stereocenters. The van der Waals surface area contributed by atoms with Crippen molar-refractivity contribution >= 4 is 51.4 Å². The predicted octanol–water partition coefficient (Wildman–Crippen LogP) is 4.58. The Kier molecular flexibility index (Phi) is 7.20. The smallest absolute Gasteiger partial charge is 0.335 e. The van der Waals surface area contributed by atoms with Gasteiger partial charge in [-0.1, -0.05) is 41.6 Å². The summed E-state index contributed by atoms with van der Waals surface area (Å²) in [5.41, 5.74) is 6.14. The minimum atomic E-state index is -1.01. The summed E-state index contributed by atoms with van der Waals surface area (Å²) in [6.45, 7) is 1.99. The number of thioether (sulfide) groups is 1. The molecule has 0 radical (unpaired) electrons. The lowest BCUT2D eigenvalue weighted by molar-refractivity contribution is -0.118. The number of benzene rings is 2. The normalized spacial score (nSPS) is 13.1. The lowest BCUT2D eigenvalue weighted by Gasteiger charge is -2.13. The molecular formula is C27H24N4O4S2. The highest BCUT2D eigenvalue weighted by molar-refractivity contribution is 7.99. The molecule has 10 heteroatoms. The van der Waals surface area contributed by atoms with Gasteiger partial charge in [-0.05, 0) is 68.0 Å². The Balaban J connectivity index is 1.38. The first kappa shape index (κ1) is 24.9. The Morgan fingerprint density at radius 1 is 1.14 bits per heavy atom. The lowest BCUT2D eigenvalue weighted by atomic mass is 9.97. The van der Waals surface area contributed by atoms with Crippen LogP contribution in [0.15, 0.2) is 63.6 Å². The number of aromatic carboxylic acids is 1. The number of hydrogen-bond acceptors (Lipinski definition) is 7. The Morgan fingerprint density at radius 2 is 1.86 bits per heavy atom.